The Hall–Kier alpha value is -5.00. The van der Waals surface area contributed by atoms with Gasteiger partial charge in [-0.1, -0.05) is 60.7 Å². The third-order valence-electron chi connectivity index (χ3n) is 5.08. The van der Waals surface area contributed by atoms with Crippen LogP contribution in [-0.2, 0) is 11.0 Å². The summed E-state index contributed by atoms with van der Waals surface area (Å²) in [5.41, 5.74) is 9.78. The molecule has 5 aromatic rings. The molecule has 12 heteroatoms. The van der Waals surface area contributed by atoms with Crippen LogP contribution in [0.1, 0.15) is 5.82 Å². The van der Waals surface area contributed by atoms with Gasteiger partial charge in [0, 0.05) is 11.4 Å². The summed E-state index contributed by atoms with van der Waals surface area (Å²) in [5, 5.41) is 10.4. The molecular formula is C28H22F6N4O2. The molecule has 6 nitrogen and oxygen atoms in total. The lowest BCUT2D eigenvalue weighted by Gasteiger charge is -2.11. The number of imidazole rings is 1. The van der Waals surface area contributed by atoms with E-state index in [1.54, 1.807) is 54.6 Å². The van der Waals surface area contributed by atoms with Crippen molar-refractivity contribution < 1.29 is 36.2 Å². The van der Waals surface area contributed by atoms with E-state index in [-0.39, 0.29) is 0 Å². The van der Waals surface area contributed by atoms with E-state index in [0.717, 1.165) is 21.6 Å². The highest BCUT2D eigenvalue weighted by molar-refractivity contribution is 5.78. The molecule has 1 aromatic heterocycles. The van der Waals surface area contributed by atoms with Crippen LogP contribution in [0.3, 0.4) is 0 Å². The number of hydrogen-bond acceptors (Lipinski definition) is 4. The molecule has 0 bridgehead atoms. The number of nitrogens with one attached hydrogen (secondary N) is 1. The van der Waals surface area contributed by atoms with Crippen LogP contribution >= 0.6 is 0 Å². The number of carboxylic acids is 1. The minimum absolute atomic E-state index is 0.332. The van der Waals surface area contributed by atoms with Crippen LogP contribution in [-0.4, -0.2) is 26.8 Å². The molecule has 1 heterocycles. The van der Waals surface area contributed by atoms with Gasteiger partial charge in [-0.25, -0.2) is 9.78 Å². The summed E-state index contributed by atoms with van der Waals surface area (Å²) in [4.78, 5) is 12.6. The largest absolute Gasteiger partial charge is 0.490 e. The van der Waals surface area contributed by atoms with Crippen molar-refractivity contribution in [1.82, 2.24) is 9.55 Å². The molecule has 0 aliphatic carbocycles. The van der Waals surface area contributed by atoms with E-state index >= 15 is 0 Å². The molecule has 0 amide bonds. The number of hydrogen-bond donors (Lipinski definition) is 3. The van der Waals surface area contributed by atoms with Crippen molar-refractivity contribution in [3.05, 3.63) is 115 Å². The standard InChI is InChI=1S/C14H9F3N2.C12H12N2.C2HF3O2/c15-14(16,17)13-18-11-8-4-5-9-12(11)19(13)10-6-2-1-3-7-10;13-11-8-4-5-9-12(11)14-10-6-2-1-3-7-10;3-2(4,5)1(6)7/h1-9H;1-9,14H,13H2;(H,6,7). The van der Waals surface area contributed by atoms with E-state index in [1.807, 2.05) is 54.6 Å². The van der Waals surface area contributed by atoms with Crippen LogP contribution in [0.25, 0.3) is 16.7 Å². The number of carbonyl (C=O) groups is 1. The number of nitrogens with two attached hydrogens (primary N) is 1. The maximum atomic E-state index is 13.1. The first-order chi connectivity index (χ1) is 18.9. The Morgan fingerprint density at radius 1 is 0.750 bits per heavy atom. The predicted molar refractivity (Wildman–Crippen MR) is 140 cm³/mol. The number of anilines is 3. The number of aliphatic carboxylic acids is 1. The zero-order chi connectivity index (χ0) is 29.3. The monoisotopic (exact) mass is 560 g/mol. The molecule has 0 saturated heterocycles. The number of alkyl halides is 6. The molecule has 208 valence electrons. The van der Waals surface area contributed by atoms with Crippen molar-refractivity contribution in [3.63, 3.8) is 0 Å². The molecule has 0 saturated carbocycles. The van der Waals surface area contributed by atoms with Crippen molar-refractivity contribution in [2.45, 2.75) is 12.4 Å². The number of rotatable bonds is 3. The van der Waals surface area contributed by atoms with Gasteiger partial charge in [-0.3, -0.25) is 4.57 Å². The van der Waals surface area contributed by atoms with Gasteiger partial charge in [0.25, 0.3) is 0 Å². The molecule has 0 radical (unpaired) electrons. The molecule has 5 rings (SSSR count). The third kappa shape index (κ3) is 8.00. The normalized spacial score (nSPS) is 11.1. The fourth-order valence-electron chi connectivity index (χ4n) is 3.34. The molecule has 0 spiro atoms. The Morgan fingerprint density at radius 2 is 1.25 bits per heavy atom. The first kappa shape index (κ1) is 29.6. The SMILES string of the molecule is FC(F)(F)c1nc2ccccc2n1-c1ccccc1.Nc1ccccc1Nc1ccccc1.O=C(O)C(F)(F)F. The van der Waals surface area contributed by atoms with Crippen LogP contribution in [0.2, 0.25) is 0 Å². The molecule has 0 fully saturated rings. The van der Waals surface area contributed by atoms with Gasteiger partial charge >= 0.3 is 18.3 Å². The fraction of sp³-hybridized carbons (Fsp3) is 0.0714. The summed E-state index contributed by atoms with van der Waals surface area (Å²) < 4.78 is 72.1. The molecular weight excluding hydrogens is 538 g/mol. The minimum atomic E-state index is -5.08. The summed E-state index contributed by atoms with van der Waals surface area (Å²) in [6.07, 6.45) is -9.57. The predicted octanol–water partition coefficient (Wildman–Crippen LogP) is 7.69. The maximum Gasteiger partial charge on any atom is 0.490 e. The summed E-state index contributed by atoms with van der Waals surface area (Å²) in [6.45, 7) is 0. The second-order valence-corrected chi connectivity index (χ2v) is 7.97. The number of fused-ring (bicyclic) bond motifs is 1. The fourth-order valence-corrected chi connectivity index (χ4v) is 3.34. The second-order valence-electron chi connectivity index (χ2n) is 7.97. The number of para-hydroxylation sites is 6. The number of aromatic nitrogens is 2. The van der Waals surface area contributed by atoms with Crippen molar-refractivity contribution >= 4 is 34.1 Å². The molecule has 40 heavy (non-hydrogen) atoms. The number of carboxylic acid groups (broad SMARTS) is 1. The van der Waals surface area contributed by atoms with Gasteiger partial charge in [-0.05, 0) is 48.5 Å². The molecule has 4 N–H and O–H groups in total. The van der Waals surface area contributed by atoms with E-state index in [4.69, 9.17) is 15.6 Å². The van der Waals surface area contributed by atoms with Gasteiger partial charge in [0.2, 0.25) is 5.82 Å². The summed E-state index contributed by atoms with van der Waals surface area (Å²) >= 11 is 0. The quantitative estimate of drug-likeness (QED) is 0.155. The van der Waals surface area contributed by atoms with E-state index in [1.165, 1.54) is 0 Å². The highest BCUT2D eigenvalue weighted by Gasteiger charge is 2.38. The van der Waals surface area contributed by atoms with Gasteiger partial charge < -0.3 is 16.2 Å². The van der Waals surface area contributed by atoms with Gasteiger partial charge in [0.15, 0.2) is 0 Å². The minimum Gasteiger partial charge on any atom is -0.475 e. The molecule has 0 unspecified atom stereocenters. The molecule has 0 aliphatic heterocycles. The van der Waals surface area contributed by atoms with Crippen LogP contribution in [0.15, 0.2) is 109 Å². The summed E-state index contributed by atoms with van der Waals surface area (Å²) in [6, 6.07) is 32.7. The number of nitrogen functional groups attached to an aromatic ring is 1. The van der Waals surface area contributed by atoms with Crippen molar-refractivity contribution in [1.29, 1.82) is 0 Å². The Bertz CT molecular complexity index is 1540. The Labute approximate surface area is 224 Å². The van der Waals surface area contributed by atoms with Gasteiger partial charge in [0.05, 0.1) is 22.4 Å². The average molecular weight is 560 g/mol. The lowest BCUT2D eigenvalue weighted by molar-refractivity contribution is -0.192. The van der Waals surface area contributed by atoms with E-state index in [0.29, 0.717) is 16.7 Å². The number of benzene rings is 4. The summed E-state index contributed by atoms with van der Waals surface area (Å²) in [7, 11) is 0. The van der Waals surface area contributed by atoms with Crippen molar-refractivity contribution in [3.8, 4) is 5.69 Å². The summed E-state index contributed by atoms with van der Waals surface area (Å²) in [5.74, 6) is -3.66. The van der Waals surface area contributed by atoms with E-state index in [2.05, 4.69) is 10.3 Å². The zero-order valence-electron chi connectivity index (χ0n) is 20.5. The first-order valence-electron chi connectivity index (χ1n) is 11.4. The molecule has 0 aliphatic rings. The highest BCUT2D eigenvalue weighted by atomic mass is 19.4. The number of nitrogens with zero attached hydrogens (tertiary/aromatic N) is 2. The van der Waals surface area contributed by atoms with Crippen molar-refractivity contribution in [2.24, 2.45) is 0 Å². The van der Waals surface area contributed by atoms with Gasteiger partial charge in [-0.2, -0.15) is 26.3 Å². The van der Waals surface area contributed by atoms with Gasteiger partial charge in [0.1, 0.15) is 0 Å². The Balaban J connectivity index is 0.000000185. The second kappa shape index (κ2) is 12.7. The topological polar surface area (TPSA) is 93.2 Å². The first-order valence-corrected chi connectivity index (χ1v) is 11.4. The maximum absolute atomic E-state index is 13.1. The van der Waals surface area contributed by atoms with E-state index < -0.39 is 24.1 Å². The Morgan fingerprint density at radius 3 is 1.80 bits per heavy atom. The van der Waals surface area contributed by atoms with Gasteiger partial charge in [-0.15, -0.1) is 0 Å². The average Bonchev–Trinajstić information content (AvgIpc) is 3.32. The zero-order valence-corrected chi connectivity index (χ0v) is 20.5. The molecule has 4 aromatic carbocycles. The van der Waals surface area contributed by atoms with Crippen LogP contribution in [0.5, 0.6) is 0 Å². The number of halogens is 6. The highest BCUT2D eigenvalue weighted by Crippen LogP contribution is 2.33. The third-order valence-corrected chi connectivity index (χ3v) is 5.08. The smallest absolute Gasteiger partial charge is 0.475 e. The Kier molecular flexibility index (Phi) is 9.38. The van der Waals surface area contributed by atoms with Crippen LogP contribution in [0, 0.1) is 0 Å². The van der Waals surface area contributed by atoms with Crippen LogP contribution in [0.4, 0.5) is 43.4 Å². The molecule has 0 atom stereocenters. The van der Waals surface area contributed by atoms with Crippen molar-refractivity contribution in [2.75, 3.05) is 11.1 Å². The lowest BCUT2D eigenvalue weighted by Crippen LogP contribution is -2.21. The van der Waals surface area contributed by atoms with E-state index in [9.17, 15) is 26.3 Å². The lowest BCUT2D eigenvalue weighted by atomic mass is 10.2. The van der Waals surface area contributed by atoms with Crippen LogP contribution < -0.4 is 11.1 Å².